The maximum Gasteiger partial charge on any atom is 0.326 e. The summed E-state index contributed by atoms with van der Waals surface area (Å²) in [7, 11) is 0. The van der Waals surface area contributed by atoms with Crippen molar-refractivity contribution in [2.45, 2.75) is 19.4 Å². The Bertz CT molecular complexity index is 1070. The van der Waals surface area contributed by atoms with E-state index in [9.17, 15) is 19.1 Å². The SMILES string of the molecule is CCC(C(=O)O)n1/c(=N/C(=O)c2cccc(F)c2)sc2ccc(Cl)cc21. The molecule has 0 saturated carbocycles. The number of thiazole rings is 1. The van der Waals surface area contributed by atoms with E-state index in [1.165, 1.54) is 34.1 Å². The lowest BCUT2D eigenvalue weighted by Crippen LogP contribution is -2.27. The van der Waals surface area contributed by atoms with Crippen LogP contribution in [0.4, 0.5) is 4.39 Å². The van der Waals surface area contributed by atoms with Crippen LogP contribution in [0, 0.1) is 5.82 Å². The van der Waals surface area contributed by atoms with Gasteiger partial charge >= 0.3 is 5.97 Å². The highest BCUT2D eigenvalue weighted by Gasteiger charge is 2.22. The van der Waals surface area contributed by atoms with Crippen molar-refractivity contribution in [1.29, 1.82) is 0 Å². The van der Waals surface area contributed by atoms with Crippen LogP contribution in [-0.4, -0.2) is 21.6 Å². The van der Waals surface area contributed by atoms with Gasteiger partial charge in [-0.1, -0.05) is 35.9 Å². The predicted molar refractivity (Wildman–Crippen MR) is 98.1 cm³/mol. The van der Waals surface area contributed by atoms with Crippen LogP contribution >= 0.6 is 22.9 Å². The first-order valence-corrected chi connectivity index (χ1v) is 8.98. The highest BCUT2D eigenvalue weighted by Crippen LogP contribution is 2.25. The minimum atomic E-state index is -1.04. The van der Waals surface area contributed by atoms with E-state index >= 15 is 0 Å². The molecule has 1 N–H and O–H groups in total. The zero-order valence-corrected chi connectivity index (χ0v) is 15.2. The summed E-state index contributed by atoms with van der Waals surface area (Å²) in [6.07, 6.45) is 0.301. The van der Waals surface area contributed by atoms with E-state index in [-0.39, 0.29) is 10.4 Å². The lowest BCUT2D eigenvalue weighted by Gasteiger charge is -2.13. The molecule has 1 unspecified atom stereocenters. The summed E-state index contributed by atoms with van der Waals surface area (Å²) in [6.45, 7) is 1.73. The van der Waals surface area contributed by atoms with Gasteiger partial charge < -0.3 is 9.67 Å². The summed E-state index contributed by atoms with van der Waals surface area (Å²) in [4.78, 5) is 28.4. The first-order valence-electron chi connectivity index (χ1n) is 7.78. The largest absolute Gasteiger partial charge is 0.480 e. The summed E-state index contributed by atoms with van der Waals surface area (Å²) in [5.74, 6) is -2.22. The van der Waals surface area contributed by atoms with Crippen LogP contribution in [-0.2, 0) is 4.79 Å². The van der Waals surface area contributed by atoms with Gasteiger partial charge in [-0.05, 0) is 42.8 Å². The molecule has 3 aromatic rings. The Morgan fingerprint density at radius 2 is 2.08 bits per heavy atom. The molecule has 0 saturated heterocycles. The topological polar surface area (TPSA) is 71.7 Å². The van der Waals surface area contributed by atoms with Crippen LogP contribution in [0.25, 0.3) is 10.2 Å². The summed E-state index contributed by atoms with van der Waals surface area (Å²) in [6, 6.07) is 9.38. The molecule has 0 bridgehead atoms. The van der Waals surface area contributed by atoms with Crippen molar-refractivity contribution in [3.05, 3.63) is 63.7 Å². The minimum Gasteiger partial charge on any atom is -0.480 e. The number of fused-ring (bicyclic) bond motifs is 1. The Hall–Kier alpha value is -2.51. The van der Waals surface area contributed by atoms with Crippen LogP contribution in [0.1, 0.15) is 29.7 Å². The number of carboxylic acids is 1. The van der Waals surface area contributed by atoms with Crippen LogP contribution in [0.15, 0.2) is 47.5 Å². The molecule has 0 aliphatic heterocycles. The van der Waals surface area contributed by atoms with Crippen molar-refractivity contribution >= 4 is 45.0 Å². The number of hydrogen-bond acceptors (Lipinski definition) is 3. The van der Waals surface area contributed by atoms with Crippen LogP contribution in [0.3, 0.4) is 0 Å². The summed E-state index contributed by atoms with van der Waals surface area (Å²) >= 11 is 7.23. The molecule has 0 aliphatic rings. The number of carbonyl (C=O) groups excluding carboxylic acids is 1. The van der Waals surface area contributed by atoms with Gasteiger partial charge in [-0.25, -0.2) is 9.18 Å². The second-order valence-corrected chi connectivity index (χ2v) is 7.00. The summed E-state index contributed by atoms with van der Waals surface area (Å²) < 4.78 is 15.6. The van der Waals surface area contributed by atoms with E-state index in [0.717, 1.165) is 10.8 Å². The number of nitrogens with zero attached hydrogens (tertiary/aromatic N) is 2. The van der Waals surface area contributed by atoms with Gasteiger partial charge in [0, 0.05) is 10.6 Å². The van der Waals surface area contributed by atoms with Gasteiger partial charge in [-0.2, -0.15) is 4.99 Å². The van der Waals surface area contributed by atoms with E-state index in [2.05, 4.69) is 4.99 Å². The van der Waals surface area contributed by atoms with E-state index in [1.54, 1.807) is 25.1 Å². The van der Waals surface area contributed by atoms with Crippen molar-refractivity contribution in [1.82, 2.24) is 4.57 Å². The van der Waals surface area contributed by atoms with E-state index in [0.29, 0.717) is 17.0 Å². The molecule has 2 aromatic carbocycles. The van der Waals surface area contributed by atoms with Crippen molar-refractivity contribution in [3.63, 3.8) is 0 Å². The van der Waals surface area contributed by atoms with Crippen LogP contribution in [0.5, 0.6) is 0 Å². The fourth-order valence-electron chi connectivity index (χ4n) is 2.63. The molecule has 1 amide bonds. The highest BCUT2D eigenvalue weighted by molar-refractivity contribution is 7.16. The van der Waals surface area contributed by atoms with Gasteiger partial charge in [0.1, 0.15) is 11.9 Å². The van der Waals surface area contributed by atoms with Crippen molar-refractivity contribution in [2.24, 2.45) is 4.99 Å². The fourth-order valence-corrected chi connectivity index (χ4v) is 3.85. The number of hydrogen-bond donors (Lipinski definition) is 1. The average Bonchev–Trinajstić information content (AvgIpc) is 2.93. The van der Waals surface area contributed by atoms with Gasteiger partial charge in [0.25, 0.3) is 5.91 Å². The zero-order chi connectivity index (χ0) is 18.8. The number of aromatic nitrogens is 1. The molecule has 3 rings (SSSR count). The smallest absolute Gasteiger partial charge is 0.326 e. The van der Waals surface area contributed by atoms with E-state index in [4.69, 9.17) is 11.6 Å². The van der Waals surface area contributed by atoms with Gasteiger partial charge in [0.2, 0.25) is 0 Å². The molecule has 0 radical (unpaired) electrons. The van der Waals surface area contributed by atoms with Crippen LogP contribution < -0.4 is 4.80 Å². The molecule has 1 atom stereocenters. The van der Waals surface area contributed by atoms with E-state index < -0.39 is 23.7 Å². The third kappa shape index (κ3) is 3.54. The molecule has 26 heavy (non-hydrogen) atoms. The molecule has 5 nitrogen and oxygen atoms in total. The third-order valence-corrected chi connectivity index (χ3v) is 5.11. The molecular formula is C18H14ClFN2O3S. The van der Waals surface area contributed by atoms with Crippen molar-refractivity contribution in [3.8, 4) is 0 Å². The molecule has 0 fully saturated rings. The van der Waals surface area contributed by atoms with E-state index in [1.807, 2.05) is 0 Å². The van der Waals surface area contributed by atoms with Crippen molar-refractivity contribution in [2.75, 3.05) is 0 Å². The maximum absolute atomic E-state index is 13.4. The lowest BCUT2D eigenvalue weighted by atomic mass is 10.2. The number of carboxylic acid groups (broad SMARTS) is 1. The molecule has 134 valence electrons. The Balaban J connectivity index is 2.24. The van der Waals surface area contributed by atoms with Crippen LogP contribution in [0.2, 0.25) is 5.02 Å². The monoisotopic (exact) mass is 392 g/mol. The second kappa shape index (κ2) is 7.39. The molecule has 0 aliphatic carbocycles. The van der Waals surface area contributed by atoms with Gasteiger partial charge in [0.15, 0.2) is 4.80 Å². The zero-order valence-electron chi connectivity index (χ0n) is 13.6. The normalized spacial score (nSPS) is 13.1. The number of halogens is 2. The van der Waals surface area contributed by atoms with Gasteiger partial charge in [-0.3, -0.25) is 4.79 Å². The Morgan fingerprint density at radius 3 is 2.73 bits per heavy atom. The highest BCUT2D eigenvalue weighted by atomic mass is 35.5. The Labute approximate surface area is 157 Å². The van der Waals surface area contributed by atoms with Gasteiger partial charge in [-0.15, -0.1) is 0 Å². The number of benzene rings is 2. The molecule has 8 heteroatoms. The van der Waals surface area contributed by atoms with Crippen molar-refractivity contribution < 1.29 is 19.1 Å². The van der Waals surface area contributed by atoms with Gasteiger partial charge in [0.05, 0.1) is 10.2 Å². The fraction of sp³-hybridized carbons (Fsp3) is 0.167. The standard InChI is InChI=1S/C18H14ClFN2O3S/c1-2-13(17(24)25)22-14-9-11(19)6-7-15(14)26-18(22)21-16(23)10-4-3-5-12(20)8-10/h3-9,13H,2H2,1H3,(H,24,25)/b21-18-. The quantitative estimate of drug-likeness (QED) is 0.720. The number of aliphatic carboxylic acids is 1. The summed E-state index contributed by atoms with van der Waals surface area (Å²) in [5, 5.41) is 10.0. The molecule has 1 heterocycles. The second-order valence-electron chi connectivity index (χ2n) is 5.56. The molecule has 1 aromatic heterocycles. The Morgan fingerprint density at radius 1 is 1.31 bits per heavy atom. The lowest BCUT2D eigenvalue weighted by molar-refractivity contribution is -0.140. The number of rotatable bonds is 4. The predicted octanol–water partition coefficient (Wildman–Crippen LogP) is 4.27. The first-order chi connectivity index (χ1) is 12.4. The Kier molecular flexibility index (Phi) is 5.20. The minimum absolute atomic E-state index is 0.0930. The maximum atomic E-state index is 13.4. The molecular weight excluding hydrogens is 379 g/mol. The third-order valence-electron chi connectivity index (χ3n) is 3.84. The average molecular weight is 393 g/mol. The number of amides is 1. The summed E-state index contributed by atoms with van der Waals surface area (Å²) in [5.41, 5.74) is 0.679. The first kappa shape index (κ1) is 18.3. The number of carbonyl (C=O) groups is 2. The molecule has 0 spiro atoms.